The number of amides is 1. The molecule has 2 aromatic carbocycles. The van der Waals surface area contributed by atoms with Gasteiger partial charge in [-0.2, -0.15) is 5.26 Å². The first-order valence-electron chi connectivity index (χ1n) is 6.92. The van der Waals surface area contributed by atoms with Gasteiger partial charge < -0.3 is 15.8 Å². The lowest BCUT2D eigenvalue weighted by Crippen LogP contribution is -2.24. The molecule has 5 nitrogen and oxygen atoms in total. The molecular weight excluding hydrogens is 290 g/mol. The average molecular weight is 305 g/mol. The maximum Gasteiger partial charge on any atom is 0.408 e. The minimum absolute atomic E-state index is 0.129. The smallest absolute Gasteiger partial charge is 0.408 e. The van der Waals surface area contributed by atoms with Crippen molar-refractivity contribution < 1.29 is 9.53 Å². The summed E-state index contributed by atoms with van der Waals surface area (Å²) in [7, 11) is 0. The highest BCUT2D eigenvalue weighted by Gasteiger charge is 2.01. The molecule has 0 fully saturated rings. The van der Waals surface area contributed by atoms with Crippen molar-refractivity contribution in [2.75, 3.05) is 12.3 Å². The molecule has 0 spiro atoms. The molecule has 2 rings (SSSR count). The molecule has 0 saturated heterocycles. The van der Waals surface area contributed by atoms with E-state index in [4.69, 9.17) is 15.7 Å². The van der Waals surface area contributed by atoms with Gasteiger partial charge in [-0.3, -0.25) is 0 Å². The third-order valence-corrected chi connectivity index (χ3v) is 2.94. The second kappa shape index (κ2) is 8.11. The number of nitrogens with one attached hydrogen (secondary N) is 1. The number of ether oxygens (including phenoxy) is 1. The number of carbonyl (C=O) groups is 1. The number of benzene rings is 2. The van der Waals surface area contributed by atoms with Crippen LogP contribution in [0.25, 0.3) is 0 Å². The molecule has 0 saturated carbocycles. The Bertz CT molecular complexity index is 783. The fraction of sp³-hybridized carbons (Fsp3) is 0.111. The van der Waals surface area contributed by atoms with Crippen LogP contribution in [0.15, 0.2) is 48.5 Å². The number of nitriles is 1. The van der Waals surface area contributed by atoms with Gasteiger partial charge in [-0.25, -0.2) is 4.79 Å². The zero-order valence-electron chi connectivity index (χ0n) is 12.4. The summed E-state index contributed by atoms with van der Waals surface area (Å²) in [4.78, 5) is 11.5. The molecule has 23 heavy (non-hydrogen) atoms. The third-order valence-electron chi connectivity index (χ3n) is 2.94. The standard InChI is InChI=1S/C18H15N3O2/c19-12-15-8-9-17(20)16(11-15)7-4-10-21-18(22)23-13-14-5-2-1-3-6-14/h1-3,5-6,8-9,11H,10,13,20H2,(H,21,22). The highest BCUT2D eigenvalue weighted by molar-refractivity contribution is 5.67. The van der Waals surface area contributed by atoms with E-state index in [0.29, 0.717) is 16.8 Å². The molecule has 0 aliphatic rings. The lowest BCUT2D eigenvalue weighted by Gasteiger charge is -2.04. The van der Waals surface area contributed by atoms with Crippen LogP contribution >= 0.6 is 0 Å². The number of nitrogens with two attached hydrogens (primary N) is 1. The number of hydrogen-bond acceptors (Lipinski definition) is 4. The van der Waals surface area contributed by atoms with E-state index in [9.17, 15) is 4.79 Å². The molecule has 114 valence electrons. The summed E-state index contributed by atoms with van der Waals surface area (Å²) in [5.41, 5.74) is 8.22. The fourth-order valence-corrected chi connectivity index (χ4v) is 1.76. The van der Waals surface area contributed by atoms with Crippen LogP contribution in [0.5, 0.6) is 0 Å². The van der Waals surface area contributed by atoms with Crippen molar-refractivity contribution in [3.05, 3.63) is 65.2 Å². The van der Waals surface area contributed by atoms with E-state index in [0.717, 1.165) is 5.56 Å². The van der Waals surface area contributed by atoms with E-state index in [1.807, 2.05) is 36.4 Å². The van der Waals surface area contributed by atoms with Crippen LogP contribution in [0.4, 0.5) is 10.5 Å². The first kappa shape index (κ1) is 15.9. The van der Waals surface area contributed by atoms with Gasteiger partial charge in [-0.05, 0) is 23.8 Å². The summed E-state index contributed by atoms with van der Waals surface area (Å²) in [6, 6.07) is 16.3. The van der Waals surface area contributed by atoms with Crippen molar-refractivity contribution in [1.29, 1.82) is 5.26 Å². The van der Waals surface area contributed by atoms with Gasteiger partial charge in [0.1, 0.15) is 6.61 Å². The molecule has 0 atom stereocenters. The zero-order valence-corrected chi connectivity index (χ0v) is 12.4. The maximum atomic E-state index is 11.5. The van der Waals surface area contributed by atoms with Crippen LogP contribution in [-0.2, 0) is 11.3 Å². The van der Waals surface area contributed by atoms with Crippen molar-refractivity contribution in [2.24, 2.45) is 0 Å². The Balaban J connectivity index is 1.81. The summed E-state index contributed by atoms with van der Waals surface area (Å²) in [6.45, 7) is 0.334. The number of nitrogens with zero attached hydrogens (tertiary/aromatic N) is 1. The van der Waals surface area contributed by atoms with Crippen molar-refractivity contribution in [1.82, 2.24) is 5.32 Å². The van der Waals surface area contributed by atoms with E-state index in [-0.39, 0.29) is 13.2 Å². The lowest BCUT2D eigenvalue weighted by atomic mass is 10.1. The lowest BCUT2D eigenvalue weighted by molar-refractivity contribution is 0.141. The highest BCUT2D eigenvalue weighted by atomic mass is 16.5. The van der Waals surface area contributed by atoms with Gasteiger partial charge in [0.05, 0.1) is 18.2 Å². The Labute approximate surface area is 134 Å². The van der Waals surface area contributed by atoms with Crippen LogP contribution < -0.4 is 11.1 Å². The second-order valence-electron chi connectivity index (χ2n) is 4.63. The minimum Gasteiger partial charge on any atom is -0.445 e. The van der Waals surface area contributed by atoms with Gasteiger partial charge in [0, 0.05) is 11.3 Å². The van der Waals surface area contributed by atoms with Crippen LogP contribution in [-0.4, -0.2) is 12.6 Å². The first-order valence-corrected chi connectivity index (χ1v) is 6.92. The minimum atomic E-state index is -0.540. The monoisotopic (exact) mass is 305 g/mol. The van der Waals surface area contributed by atoms with E-state index in [2.05, 4.69) is 17.2 Å². The molecule has 3 N–H and O–H groups in total. The summed E-state index contributed by atoms with van der Waals surface area (Å²) in [6.07, 6.45) is -0.540. The van der Waals surface area contributed by atoms with Gasteiger partial charge in [-0.15, -0.1) is 0 Å². The topological polar surface area (TPSA) is 88.1 Å². The maximum absolute atomic E-state index is 11.5. The van der Waals surface area contributed by atoms with Gasteiger partial charge in [0.25, 0.3) is 0 Å². The summed E-state index contributed by atoms with van der Waals surface area (Å²) in [5, 5.41) is 11.4. The molecule has 0 bridgehead atoms. The largest absolute Gasteiger partial charge is 0.445 e. The second-order valence-corrected chi connectivity index (χ2v) is 4.63. The van der Waals surface area contributed by atoms with E-state index >= 15 is 0 Å². The predicted molar refractivity (Wildman–Crippen MR) is 87.1 cm³/mol. The van der Waals surface area contributed by atoms with Crippen molar-refractivity contribution >= 4 is 11.8 Å². The molecule has 0 unspecified atom stereocenters. The molecule has 2 aromatic rings. The Morgan fingerprint density at radius 3 is 2.74 bits per heavy atom. The van der Waals surface area contributed by atoms with Gasteiger partial charge in [0.15, 0.2) is 0 Å². The molecule has 0 aromatic heterocycles. The summed E-state index contributed by atoms with van der Waals surface area (Å²) < 4.78 is 5.06. The predicted octanol–water partition coefficient (Wildman–Crippen LogP) is 2.42. The van der Waals surface area contributed by atoms with E-state index < -0.39 is 6.09 Å². The van der Waals surface area contributed by atoms with E-state index in [1.54, 1.807) is 18.2 Å². The number of hydrogen-bond donors (Lipinski definition) is 2. The number of anilines is 1. The number of carbonyl (C=O) groups excluding carboxylic acids is 1. The number of alkyl carbamates (subject to hydrolysis) is 1. The Kier molecular flexibility index (Phi) is 5.62. The van der Waals surface area contributed by atoms with Crippen molar-refractivity contribution in [3.63, 3.8) is 0 Å². The Morgan fingerprint density at radius 2 is 2.00 bits per heavy atom. The van der Waals surface area contributed by atoms with Gasteiger partial charge in [0.2, 0.25) is 0 Å². The fourth-order valence-electron chi connectivity index (χ4n) is 1.76. The summed E-state index contributed by atoms with van der Waals surface area (Å²) in [5.74, 6) is 5.59. The highest BCUT2D eigenvalue weighted by Crippen LogP contribution is 2.11. The van der Waals surface area contributed by atoms with Gasteiger partial charge >= 0.3 is 6.09 Å². The van der Waals surface area contributed by atoms with Crippen molar-refractivity contribution in [3.8, 4) is 17.9 Å². The molecule has 0 radical (unpaired) electrons. The summed E-state index contributed by atoms with van der Waals surface area (Å²) >= 11 is 0. The SMILES string of the molecule is N#Cc1ccc(N)c(C#CCNC(=O)OCc2ccccc2)c1. The van der Waals surface area contributed by atoms with Crippen LogP contribution in [0.1, 0.15) is 16.7 Å². The number of nitrogen functional groups attached to an aromatic ring is 1. The number of rotatable bonds is 3. The third kappa shape index (κ3) is 5.11. The molecule has 0 heterocycles. The molecule has 1 amide bonds. The van der Waals surface area contributed by atoms with Crippen molar-refractivity contribution in [2.45, 2.75) is 6.61 Å². The van der Waals surface area contributed by atoms with E-state index in [1.165, 1.54) is 0 Å². The average Bonchev–Trinajstić information content (AvgIpc) is 2.59. The molecule has 0 aliphatic heterocycles. The van der Waals surface area contributed by atoms with Crippen LogP contribution in [0, 0.1) is 23.2 Å². The van der Waals surface area contributed by atoms with Gasteiger partial charge in [-0.1, -0.05) is 42.2 Å². The Morgan fingerprint density at radius 1 is 1.22 bits per heavy atom. The molecule has 0 aliphatic carbocycles. The quantitative estimate of drug-likeness (QED) is 0.673. The normalized spacial score (nSPS) is 9.17. The molecule has 5 heteroatoms. The Hall–Kier alpha value is -3.44. The zero-order chi connectivity index (χ0) is 16.5. The van der Waals surface area contributed by atoms with Crippen LogP contribution in [0.3, 0.4) is 0 Å². The molecular formula is C18H15N3O2. The van der Waals surface area contributed by atoms with Crippen LogP contribution in [0.2, 0.25) is 0 Å². The first-order chi connectivity index (χ1) is 11.2.